The molecule has 6 heteroatoms. The van der Waals surface area contributed by atoms with Gasteiger partial charge in [-0.05, 0) is 24.3 Å². The van der Waals surface area contributed by atoms with Crippen molar-refractivity contribution in [2.24, 2.45) is 11.8 Å². The molecule has 0 bridgehead atoms. The van der Waals surface area contributed by atoms with Gasteiger partial charge in [-0.2, -0.15) is 0 Å². The van der Waals surface area contributed by atoms with E-state index in [-0.39, 0.29) is 6.61 Å². The molecule has 96 valence electrons. The zero-order valence-electron chi connectivity index (χ0n) is 9.96. The third-order valence-corrected chi connectivity index (χ3v) is 6.13. The van der Waals surface area contributed by atoms with Gasteiger partial charge in [-0.3, -0.25) is 0 Å². The van der Waals surface area contributed by atoms with Crippen LogP contribution in [0.3, 0.4) is 0 Å². The zero-order chi connectivity index (χ0) is 12.6. The topological polar surface area (TPSA) is 57.6 Å². The Labute approximate surface area is 106 Å². The molecule has 1 heterocycles. The minimum absolute atomic E-state index is 0.108. The second-order valence-corrected chi connectivity index (χ2v) is 7.71. The number of nitrogens with zero attached hydrogens (tertiary/aromatic N) is 1. The summed E-state index contributed by atoms with van der Waals surface area (Å²) in [5.41, 5.74) is 0. The smallest absolute Gasteiger partial charge is 0.243 e. The highest BCUT2D eigenvalue weighted by atomic mass is 32.2. The maximum absolute atomic E-state index is 12.2. The Morgan fingerprint density at radius 2 is 2.24 bits per heavy atom. The second kappa shape index (κ2) is 4.68. The Morgan fingerprint density at radius 3 is 2.71 bits per heavy atom. The Hall–Kier alpha value is -0.430. The number of hydrogen-bond acceptors (Lipinski definition) is 4. The summed E-state index contributed by atoms with van der Waals surface area (Å²) in [7, 11) is -1.75. The van der Waals surface area contributed by atoms with E-state index in [1.165, 1.54) is 15.6 Å². The van der Waals surface area contributed by atoms with Gasteiger partial charge in [0.2, 0.25) is 10.0 Å². The van der Waals surface area contributed by atoms with E-state index in [0.29, 0.717) is 28.2 Å². The molecule has 1 fully saturated rings. The van der Waals surface area contributed by atoms with Gasteiger partial charge >= 0.3 is 0 Å². The van der Waals surface area contributed by atoms with Crippen molar-refractivity contribution in [2.45, 2.75) is 24.8 Å². The molecule has 0 radical (unpaired) electrons. The molecule has 1 aliphatic rings. The normalized spacial score (nSPS) is 24.2. The third kappa shape index (κ3) is 2.70. The first-order valence-electron chi connectivity index (χ1n) is 5.59. The van der Waals surface area contributed by atoms with Crippen LogP contribution < -0.4 is 0 Å². The monoisotopic (exact) mass is 275 g/mol. The first-order valence-corrected chi connectivity index (χ1v) is 7.91. The van der Waals surface area contributed by atoms with E-state index in [0.717, 1.165) is 6.42 Å². The van der Waals surface area contributed by atoms with Crippen molar-refractivity contribution >= 4 is 21.4 Å². The van der Waals surface area contributed by atoms with Crippen molar-refractivity contribution in [3.63, 3.8) is 0 Å². The van der Waals surface area contributed by atoms with Crippen molar-refractivity contribution in [2.75, 3.05) is 13.6 Å². The molecule has 1 saturated carbocycles. The lowest BCUT2D eigenvalue weighted by Crippen LogP contribution is -2.28. The van der Waals surface area contributed by atoms with Gasteiger partial charge < -0.3 is 5.11 Å². The van der Waals surface area contributed by atoms with Gasteiger partial charge in [0.1, 0.15) is 0 Å². The van der Waals surface area contributed by atoms with E-state index < -0.39 is 10.0 Å². The highest BCUT2D eigenvalue weighted by molar-refractivity contribution is 7.89. The molecule has 1 aliphatic carbocycles. The first-order chi connectivity index (χ1) is 7.95. The largest absolute Gasteiger partial charge is 0.391 e. The summed E-state index contributed by atoms with van der Waals surface area (Å²) in [6.07, 6.45) is 1.12. The molecule has 0 spiro atoms. The Balaban J connectivity index is 2.11. The van der Waals surface area contributed by atoms with E-state index in [4.69, 9.17) is 5.11 Å². The maximum atomic E-state index is 12.2. The predicted octanol–water partition coefficient (Wildman–Crippen LogP) is 1.52. The van der Waals surface area contributed by atoms with Crippen LogP contribution in [0.5, 0.6) is 0 Å². The molecule has 17 heavy (non-hydrogen) atoms. The first kappa shape index (κ1) is 13.0. The number of aliphatic hydroxyl groups is 1. The Morgan fingerprint density at radius 1 is 1.59 bits per heavy atom. The third-order valence-electron chi connectivity index (χ3n) is 3.26. The second-order valence-electron chi connectivity index (χ2n) is 4.67. The lowest BCUT2D eigenvalue weighted by Gasteiger charge is -2.15. The number of thiophene rings is 1. The maximum Gasteiger partial charge on any atom is 0.243 e. The molecule has 0 saturated heterocycles. The van der Waals surface area contributed by atoms with Crippen molar-refractivity contribution < 1.29 is 13.5 Å². The molecule has 2 atom stereocenters. The van der Waals surface area contributed by atoms with Crippen LogP contribution in [0.1, 0.15) is 18.2 Å². The summed E-state index contributed by atoms with van der Waals surface area (Å²) < 4.78 is 25.8. The molecule has 0 aromatic carbocycles. The summed E-state index contributed by atoms with van der Waals surface area (Å²) in [4.78, 5) is 0.971. The molecule has 4 nitrogen and oxygen atoms in total. The van der Waals surface area contributed by atoms with E-state index in [1.807, 2.05) is 0 Å². The van der Waals surface area contributed by atoms with E-state index >= 15 is 0 Å². The lowest BCUT2D eigenvalue weighted by atomic mass is 10.3. The average molecular weight is 275 g/mol. The molecule has 1 N–H and O–H groups in total. The summed E-state index contributed by atoms with van der Waals surface area (Å²) in [5.74, 6) is 1.15. The number of rotatable bonds is 5. The van der Waals surface area contributed by atoms with Crippen molar-refractivity contribution in [1.29, 1.82) is 0 Å². The SMILES string of the molecule is CC1CC1CN(C)S(=O)(=O)c1csc(CO)c1. The average Bonchev–Trinajstić information content (AvgIpc) is 2.83. The van der Waals surface area contributed by atoms with Crippen LogP contribution in [0.15, 0.2) is 16.3 Å². The highest BCUT2D eigenvalue weighted by Crippen LogP contribution is 2.38. The summed E-state index contributed by atoms with van der Waals surface area (Å²) in [6, 6.07) is 1.55. The Kier molecular flexibility index (Phi) is 3.58. The zero-order valence-corrected chi connectivity index (χ0v) is 11.6. The number of hydrogen-bond donors (Lipinski definition) is 1. The summed E-state index contributed by atoms with van der Waals surface area (Å²) in [5, 5.41) is 10.5. The minimum Gasteiger partial charge on any atom is -0.391 e. The number of aliphatic hydroxyl groups excluding tert-OH is 1. The van der Waals surface area contributed by atoms with Gasteiger partial charge in [-0.25, -0.2) is 12.7 Å². The highest BCUT2D eigenvalue weighted by Gasteiger charge is 2.36. The molecule has 0 amide bonds. The lowest BCUT2D eigenvalue weighted by molar-refractivity contribution is 0.285. The van der Waals surface area contributed by atoms with Crippen LogP contribution >= 0.6 is 11.3 Å². The summed E-state index contributed by atoms with van der Waals surface area (Å²) in [6.45, 7) is 2.62. The Bertz CT molecular complexity index is 495. The van der Waals surface area contributed by atoms with Crippen LogP contribution in [0.2, 0.25) is 0 Å². The molecule has 0 aliphatic heterocycles. The van der Waals surface area contributed by atoms with Crippen molar-refractivity contribution in [3.8, 4) is 0 Å². The van der Waals surface area contributed by atoms with Crippen LogP contribution in [0.25, 0.3) is 0 Å². The van der Waals surface area contributed by atoms with Gasteiger partial charge in [0.05, 0.1) is 11.5 Å². The number of sulfonamides is 1. The minimum atomic E-state index is -3.37. The molecule has 2 rings (SSSR count). The quantitative estimate of drug-likeness (QED) is 0.886. The molecular weight excluding hydrogens is 258 g/mol. The summed E-state index contributed by atoms with van der Waals surface area (Å²) >= 11 is 1.27. The predicted molar refractivity (Wildman–Crippen MR) is 67.3 cm³/mol. The van der Waals surface area contributed by atoms with Crippen LogP contribution in [0, 0.1) is 11.8 Å². The van der Waals surface area contributed by atoms with Crippen LogP contribution in [-0.4, -0.2) is 31.4 Å². The van der Waals surface area contributed by atoms with Crippen molar-refractivity contribution in [3.05, 3.63) is 16.3 Å². The van der Waals surface area contributed by atoms with Crippen LogP contribution in [-0.2, 0) is 16.6 Å². The van der Waals surface area contributed by atoms with Gasteiger partial charge in [0.15, 0.2) is 0 Å². The fourth-order valence-corrected chi connectivity index (χ4v) is 4.19. The van der Waals surface area contributed by atoms with Gasteiger partial charge in [0, 0.05) is 23.8 Å². The van der Waals surface area contributed by atoms with Crippen LogP contribution in [0.4, 0.5) is 0 Å². The van der Waals surface area contributed by atoms with Gasteiger partial charge in [0.25, 0.3) is 0 Å². The fraction of sp³-hybridized carbons (Fsp3) is 0.636. The standard InChI is InChI=1S/C11H17NO3S2/c1-8-3-9(8)5-12(2)17(14,15)11-4-10(6-13)16-7-11/h4,7-9,13H,3,5-6H2,1-2H3. The van der Waals surface area contributed by atoms with Gasteiger partial charge in [-0.15, -0.1) is 11.3 Å². The molecule has 2 unspecified atom stereocenters. The van der Waals surface area contributed by atoms with E-state index in [2.05, 4.69) is 6.92 Å². The van der Waals surface area contributed by atoms with Gasteiger partial charge in [-0.1, -0.05) is 6.92 Å². The fourth-order valence-electron chi connectivity index (χ4n) is 1.84. The molecule has 1 aromatic rings. The van der Waals surface area contributed by atoms with E-state index in [9.17, 15) is 8.42 Å². The molecular formula is C11H17NO3S2. The molecule has 1 aromatic heterocycles. The van der Waals surface area contributed by atoms with Crippen molar-refractivity contribution in [1.82, 2.24) is 4.31 Å². The van der Waals surface area contributed by atoms with E-state index in [1.54, 1.807) is 18.5 Å².